The fourth-order valence-corrected chi connectivity index (χ4v) is 6.96. The molecule has 0 saturated carbocycles. The number of amides is 2. The number of ketones is 1. The summed E-state index contributed by atoms with van der Waals surface area (Å²) in [5.74, 6) is -2.17. The number of carbonyl (C=O) groups excluding carboxylic acids is 3. The van der Waals surface area contributed by atoms with Crippen molar-refractivity contribution in [1.82, 2.24) is 0 Å². The molecule has 6 aromatic carbocycles. The Morgan fingerprint density at radius 1 is 0.656 bits per heavy atom. The second kappa shape index (κ2) is 17.2. The Balaban J connectivity index is 1.05. The van der Waals surface area contributed by atoms with Crippen LogP contribution in [0.25, 0.3) is 21.9 Å². The number of hydrogen-bond acceptors (Lipinski definition) is 9. The Morgan fingerprint density at radius 2 is 1.25 bits per heavy atom. The molecular formula is C48H32Cl2N6O5. The zero-order chi connectivity index (χ0) is 42.6. The maximum Gasteiger partial charge on any atom is 0.259 e. The van der Waals surface area contributed by atoms with Crippen LogP contribution in [-0.4, -0.2) is 27.8 Å². The quantitative estimate of drug-likeness (QED) is 0.112. The Morgan fingerprint density at radius 3 is 1.89 bits per heavy atom. The molecule has 0 bridgehead atoms. The molecule has 0 unspecified atom stereocenters. The standard InChI is InChI=1S/C48H32Cl2N6O5/c1-27-7-3-2-4-10-42(45(58)40(23-27)47(60)51-31-15-11-29(49)12-16-31)55-53-33-19-21-36-37-22-20-34(26-39(37)44(57)38(36)25-33)54-56-43-35-9-6-5-8-28(35)24-41(46(43)59)48(61)52-32-17-13-30(50)14-18-32/h2-9,11-26,58-59H,1,10H2,(H,51,60)(H,52,61)/b4-2-,7-3-,40-23?,45-42-,55-53?,56-54?. The lowest BCUT2D eigenvalue weighted by molar-refractivity contribution is -0.112. The number of phenols is 1. The van der Waals surface area contributed by atoms with Gasteiger partial charge in [-0.05, 0) is 107 Å². The lowest BCUT2D eigenvalue weighted by atomic mass is 10.0. The van der Waals surface area contributed by atoms with Crippen molar-refractivity contribution >= 4 is 80.0 Å². The van der Waals surface area contributed by atoms with E-state index >= 15 is 0 Å². The van der Waals surface area contributed by atoms with Crippen molar-refractivity contribution < 1.29 is 24.6 Å². The summed E-state index contributed by atoms with van der Waals surface area (Å²) >= 11 is 12.0. The van der Waals surface area contributed by atoms with Crippen LogP contribution in [0.4, 0.5) is 28.4 Å². The first-order valence-electron chi connectivity index (χ1n) is 18.7. The molecule has 61 heavy (non-hydrogen) atoms. The first-order valence-corrected chi connectivity index (χ1v) is 19.5. The van der Waals surface area contributed by atoms with Crippen molar-refractivity contribution in [3.63, 3.8) is 0 Å². The normalized spacial score (nSPS) is 16.0. The largest absolute Gasteiger partial charge is 0.505 e. The molecule has 11 nitrogen and oxygen atoms in total. The maximum absolute atomic E-state index is 13.8. The number of halogens is 2. The Kier molecular flexibility index (Phi) is 11.3. The maximum atomic E-state index is 13.8. The Hall–Kier alpha value is -7.73. The van der Waals surface area contributed by atoms with Gasteiger partial charge in [-0.1, -0.05) is 90.5 Å². The van der Waals surface area contributed by atoms with Crippen molar-refractivity contribution in [3.8, 4) is 16.9 Å². The number of rotatable bonds is 8. The topological polar surface area (TPSA) is 165 Å². The average Bonchev–Trinajstić information content (AvgIpc) is 3.54. The number of azo groups is 2. The van der Waals surface area contributed by atoms with Gasteiger partial charge in [-0.2, -0.15) is 15.3 Å². The fraction of sp³-hybridized carbons (Fsp3) is 0.0208. The highest BCUT2D eigenvalue weighted by Crippen LogP contribution is 2.42. The van der Waals surface area contributed by atoms with Crippen molar-refractivity contribution in [1.29, 1.82) is 0 Å². The zero-order valence-electron chi connectivity index (χ0n) is 31.9. The SMILES string of the molecule is C=C1C=C(C(=O)Nc2ccc(Cl)cc2)/C(O)=C(/N=Nc2ccc3c(c2)C(=O)c2cc(N=Nc4c(O)c(C(=O)Nc5ccc(Cl)cc5)cc5ccccc45)ccc2-3)C/C=C\C=C/1. The molecule has 0 atom stereocenters. The minimum absolute atomic E-state index is 0.00166. The van der Waals surface area contributed by atoms with Crippen molar-refractivity contribution in [2.45, 2.75) is 6.42 Å². The smallest absolute Gasteiger partial charge is 0.259 e. The molecule has 2 amide bonds. The van der Waals surface area contributed by atoms with Gasteiger partial charge in [-0.3, -0.25) is 14.4 Å². The van der Waals surface area contributed by atoms with Gasteiger partial charge in [-0.15, -0.1) is 5.11 Å². The van der Waals surface area contributed by atoms with Crippen molar-refractivity contribution in [2.75, 3.05) is 10.6 Å². The monoisotopic (exact) mass is 842 g/mol. The summed E-state index contributed by atoms with van der Waals surface area (Å²) in [5.41, 5.74) is 4.37. The third-order valence-electron chi connectivity index (χ3n) is 9.75. The number of fused-ring (bicyclic) bond motifs is 4. The summed E-state index contributed by atoms with van der Waals surface area (Å²) in [5, 5.41) is 48.0. The number of aliphatic hydroxyl groups excluding tert-OH is 1. The number of nitrogens with zero attached hydrogens (tertiary/aromatic N) is 4. The molecule has 8 rings (SSSR count). The highest BCUT2D eigenvalue weighted by Gasteiger charge is 2.28. The number of allylic oxidation sites excluding steroid dienone is 6. The number of aromatic hydroxyl groups is 1. The van der Waals surface area contributed by atoms with Crippen LogP contribution in [-0.2, 0) is 4.79 Å². The molecule has 0 heterocycles. The van der Waals surface area contributed by atoms with Crippen molar-refractivity contribution in [2.24, 2.45) is 20.5 Å². The van der Waals surface area contributed by atoms with Gasteiger partial charge in [0.2, 0.25) is 0 Å². The van der Waals surface area contributed by atoms with E-state index in [4.69, 9.17) is 23.2 Å². The molecule has 0 aliphatic heterocycles. The third-order valence-corrected chi connectivity index (χ3v) is 10.3. The zero-order valence-corrected chi connectivity index (χ0v) is 33.4. The minimum Gasteiger partial charge on any atom is -0.505 e. The predicted octanol–water partition coefficient (Wildman–Crippen LogP) is 13.2. The van der Waals surface area contributed by atoms with E-state index in [-0.39, 0.29) is 40.5 Å². The first-order chi connectivity index (χ1) is 29.5. The second-order valence-electron chi connectivity index (χ2n) is 13.9. The Labute approximate surface area is 359 Å². The highest BCUT2D eigenvalue weighted by molar-refractivity contribution is 6.31. The summed E-state index contributed by atoms with van der Waals surface area (Å²) in [6, 6.07) is 32.0. The summed E-state index contributed by atoms with van der Waals surface area (Å²) in [7, 11) is 0. The van der Waals surface area contributed by atoms with Crippen LogP contribution in [0.2, 0.25) is 10.0 Å². The van der Waals surface area contributed by atoms with Gasteiger partial charge in [0.15, 0.2) is 17.3 Å². The molecular weight excluding hydrogens is 811 g/mol. The minimum atomic E-state index is -0.595. The van der Waals surface area contributed by atoms with Crippen LogP contribution in [0.15, 0.2) is 195 Å². The number of carbonyl (C=O) groups is 3. The molecule has 0 spiro atoms. The lowest BCUT2D eigenvalue weighted by Gasteiger charge is -2.11. The molecule has 13 heteroatoms. The molecule has 0 fully saturated rings. The average molecular weight is 844 g/mol. The lowest BCUT2D eigenvalue weighted by Crippen LogP contribution is -2.17. The molecule has 6 aromatic rings. The fourth-order valence-electron chi connectivity index (χ4n) is 6.71. The summed E-state index contributed by atoms with van der Waals surface area (Å²) < 4.78 is 0. The van der Waals surface area contributed by atoms with Crippen LogP contribution in [0.1, 0.15) is 32.7 Å². The van der Waals surface area contributed by atoms with Crippen LogP contribution in [0.3, 0.4) is 0 Å². The molecule has 0 saturated heterocycles. The van der Waals surface area contributed by atoms with E-state index in [1.807, 2.05) is 6.07 Å². The number of anilines is 2. The van der Waals surface area contributed by atoms with E-state index in [0.29, 0.717) is 71.4 Å². The van der Waals surface area contributed by atoms with E-state index in [1.54, 1.807) is 133 Å². The van der Waals surface area contributed by atoms with E-state index < -0.39 is 17.6 Å². The number of aliphatic hydroxyl groups is 1. The van der Waals surface area contributed by atoms with E-state index in [1.165, 1.54) is 6.08 Å². The number of hydrogen-bond donors (Lipinski definition) is 4. The summed E-state index contributed by atoms with van der Waals surface area (Å²) in [6.07, 6.45) is 8.58. The predicted molar refractivity (Wildman–Crippen MR) is 239 cm³/mol. The van der Waals surface area contributed by atoms with Gasteiger partial charge in [-0.25, -0.2) is 0 Å². The van der Waals surface area contributed by atoms with Crippen LogP contribution >= 0.6 is 23.2 Å². The van der Waals surface area contributed by atoms with E-state index in [2.05, 4.69) is 37.7 Å². The number of nitrogens with one attached hydrogen (secondary N) is 2. The van der Waals surface area contributed by atoms with Crippen molar-refractivity contribution in [3.05, 3.63) is 202 Å². The first kappa shape index (κ1) is 40.1. The second-order valence-corrected chi connectivity index (χ2v) is 14.7. The molecule has 2 aliphatic rings. The van der Waals surface area contributed by atoms with Gasteiger partial charge in [0.05, 0.1) is 22.5 Å². The van der Waals surface area contributed by atoms with Gasteiger partial charge < -0.3 is 20.8 Å². The molecule has 0 aromatic heterocycles. The van der Waals surface area contributed by atoms with E-state index in [9.17, 15) is 24.6 Å². The molecule has 2 aliphatic carbocycles. The molecule has 298 valence electrons. The van der Waals surface area contributed by atoms with Gasteiger partial charge in [0, 0.05) is 44.4 Å². The number of phenolic OH excluding ortho intramolecular Hbond substituents is 1. The van der Waals surface area contributed by atoms with Gasteiger partial charge in [0.25, 0.3) is 11.8 Å². The highest BCUT2D eigenvalue weighted by atomic mass is 35.5. The summed E-state index contributed by atoms with van der Waals surface area (Å²) in [4.78, 5) is 40.6. The van der Waals surface area contributed by atoms with Crippen LogP contribution in [0, 0.1) is 0 Å². The van der Waals surface area contributed by atoms with Gasteiger partial charge >= 0.3 is 0 Å². The third kappa shape index (κ3) is 8.69. The van der Waals surface area contributed by atoms with Crippen LogP contribution < -0.4 is 10.6 Å². The molecule has 0 radical (unpaired) electrons. The number of benzene rings is 6. The molecule has 4 N–H and O–H groups in total. The van der Waals surface area contributed by atoms with Gasteiger partial charge in [0.1, 0.15) is 11.4 Å². The Bertz CT molecular complexity index is 3000. The van der Waals surface area contributed by atoms with Crippen LogP contribution in [0.5, 0.6) is 5.75 Å². The summed E-state index contributed by atoms with van der Waals surface area (Å²) in [6.45, 7) is 3.96. The van der Waals surface area contributed by atoms with E-state index in [0.717, 1.165) is 0 Å².